The van der Waals surface area contributed by atoms with E-state index in [1.54, 1.807) is 7.11 Å². The van der Waals surface area contributed by atoms with Crippen molar-refractivity contribution in [1.29, 1.82) is 0 Å². The van der Waals surface area contributed by atoms with E-state index in [2.05, 4.69) is 17.4 Å². The first kappa shape index (κ1) is 15.0. The van der Waals surface area contributed by atoms with E-state index in [1.807, 2.05) is 0 Å². The highest BCUT2D eigenvalue weighted by Gasteiger charge is 2.42. The lowest BCUT2D eigenvalue weighted by Gasteiger charge is -2.34. The molecule has 0 spiro atoms. The van der Waals surface area contributed by atoms with Gasteiger partial charge in [0, 0.05) is 7.11 Å². The van der Waals surface area contributed by atoms with Gasteiger partial charge in [0.15, 0.2) is 0 Å². The summed E-state index contributed by atoms with van der Waals surface area (Å²) in [5, 5.41) is 7.74. The van der Waals surface area contributed by atoms with Gasteiger partial charge in [-0.2, -0.15) is 4.98 Å². The minimum atomic E-state index is -0.318. The maximum absolute atomic E-state index is 5.83. The molecule has 0 aromatic carbocycles. The zero-order valence-corrected chi connectivity index (χ0v) is 13.3. The van der Waals surface area contributed by atoms with Crippen LogP contribution in [0.2, 0.25) is 0 Å². The predicted octanol–water partition coefficient (Wildman–Crippen LogP) is 2.91. The van der Waals surface area contributed by atoms with Crippen molar-refractivity contribution in [3.05, 3.63) is 11.7 Å². The van der Waals surface area contributed by atoms with E-state index >= 15 is 0 Å². The standard InChI is InChI=1S/C16H27N3O2/c1-3-15(9-11-17-12-10-15)14-18-13(19-21-14)16(20-2)7-5-4-6-8-16/h17H,3-12H2,1-2H3. The Bertz CT molecular complexity index is 419. The third-order valence-electron chi connectivity index (χ3n) is 5.58. The van der Waals surface area contributed by atoms with Crippen LogP contribution in [0.1, 0.15) is 70.0 Å². The number of piperidine rings is 1. The van der Waals surface area contributed by atoms with Gasteiger partial charge in [0.05, 0.1) is 5.41 Å². The van der Waals surface area contributed by atoms with Crippen LogP contribution in [0, 0.1) is 0 Å². The fraction of sp³-hybridized carbons (Fsp3) is 0.875. The number of nitrogens with zero attached hydrogens (tertiary/aromatic N) is 2. The number of methoxy groups -OCH3 is 1. The van der Waals surface area contributed by atoms with Gasteiger partial charge in [-0.25, -0.2) is 0 Å². The van der Waals surface area contributed by atoms with Crippen molar-refractivity contribution < 1.29 is 9.26 Å². The molecule has 2 fully saturated rings. The molecule has 1 aromatic rings. The summed E-state index contributed by atoms with van der Waals surface area (Å²) in [4.78, 5) is 4.81. The minimum absolute atomic E-state index is 0.0557. The topological polar surface area (TPSA) is 60.2 Å². The molecule has 1 saturated carbocycles. The molecule has 1 N–H and O–H groups in total. The normalized spacial score (nSPS) is 24.9. The Morgan fingerprint density at radius 3 is 2.48 bits per heavy atom. The van der Waals surface area contributed by atoms with E-state index in [1.165, 1.54) is 19.3 Å². The third kappa shape index (κ3) is 2.61. The fourth-order valence-corrected chi connectivity index (χ4v) is 3.89. The number of rotatable bonds is 4. The van der Waals surface area contributed by atoms with E-state index in [0.717, 1.165) is 56.9 Å². The number of hydrogen-bond donors (Lipinski definition) is 1. The highest BCUT2D eigenvalue weighted by Crippen LogP contribution is 2.41. The maximum Gasteiger partial charge on any atom is 0.233 e. The Morgan fingerprint density at radius 1 is 1.14 bits per heavy atom. The molecule has 118 valence electrons. The molecule has 0 amide bonds. The van der Waals surface area contributed by atoms with Crippen LogP contribution in [0.3, 0.4) is 0 Å². The van der Waals surface area contributed by atoms with Crippen molar-refractivity contribution in [1.82, 2.24) is 15.5 Å². The van der Waals surface area contributed by atoms with Crippen LogP contribution in [0.25, 0.3) is 0 Å². The van der Waals surface area contributed by atoms with E-state index in [9.17, 15) is 0 Å². The molecule has 1 saturated heterocycles. The molecule has 1 aliphatic carbocycles. The van der Waals surface area contributed by atoms with Gasteiger partial charge < -0.3 is 14.6 Å². The van der Waals surface area contributed by atoms with Gasteiger partial charge in [0.25, 0.3) is 0 Å². The first-order valence-electron chi connectivity index (χ1n) is 8.35. The molecule has 0 unspecified atom stereocenters. The fourth-order valence-electron chi connectivity index (χ4n) is 3.89. The Morgan fingerprint density at radius 2 is 1.86 bits per heavy atom. The predicted molar refractivity (Wildman–Crippen MR) is 80.1 cm³/mol. The van der Waals surface area contributed by atoms with E-state index in [0.29, 0.717) is 0 Å². The second kappa shape index (κ2) is 6.05. The van der Waals surface area contributed by atoms with Crippen LogP contribution in [0.5, 0.6) is 0 Å². The highest BCUT2D eigenvalue weighted by molar-refractivity contribution is 5.11. The number of nitrogens with one attached hydrogen (secondary N) is 1. The highest BCUT2D eigenvalue weighted by atomic mass is 16.5. The molecule has 5 heteroatoms. The first-order valence-corrected chi connectivity index (χ1v) is 8.35. The molecule has 2 heterocycles. The lowest BCUT2D eigenvalue weighted by atomic mass is 9.76. The summed E-state index contributed by atoms with van der Waals surface area (Å²) >= 11 is 0. The Labute approximate surface area is 126 Å². The van der Waals surface area contributed by atoms with Crippen LogP contribution < -0.4 is 5.32 Å². The SMILES string of the molecule is CCC1(c2nc(C3(OC)CCCCC3)no2)CCNCC1. The van der Waals surface area contributed by atoms with Gasteiger partial charge in [-0.1, -0.05) is 31.3 Å². The van der Waals surface area contributed by atoms with Gasteiger partial charge in [0.1, 0.15) is 5.60 Å². The molecule has 3 rings (SSSR count). The Kier molecular flexibility index (Phi) is 4.31. The van der Waals surface area contributed by atoms with Crippen LogP contribution in [-0.2, 0) is 15.8 Å². The summed E-state index contributed by atoms with van der Waals surface area (Å²) in [6.45, 7) is 4.28. The van der Waals surface area contributed by atoms with Crippen molar-refractivity contribution >= 4 is 0 Å². The second-order valence-electron chi connectivity index (χ2n) is 6.57. The van der Waals surface area contributed by atoms with Crippen LogP contribution in [0.4, 0.5) is 0 Å². The van der Waals surface area contributed by atoms with Crippen molar-refractivity contribution in [3.8, 4) is 0 Å². The summed E-state index contributed by atoms with van der Waals surface area (Å²) in [6.07, 6.45) is 8.85. The average molecular weight is 293 g/mol. The Balaban J connectivity index is 1.88. The second-order valence-corrected chi connectivity index (χ2v) is 6.57. The summed E-state index contributed by atoms with van der Waals surface area (Å²) in [5.74, 6) is 1.59. The average Bonchev–Trinajstić information content (AvgIpc) is 3.07. The molecular weight excluding hydrogens is 266 g/mol. The molecule has 5 nitrogen and oxygen atoms in total. The summed E-state index contributed by atoms with van der Waals surface area (Å²) in [6, 6.07) is 0. The zero-order chi connectivity index (χ0) is 14.8. The minimum Gasteiger partial charge on any atom is -0.370 e. The maximum atomic E-state index is 5.83. The van der Waals surface area contributed by atoms with Gasteiger partial charge in [-0.15, -0.1) is 0 Å². The molecule has 1 aliphatic heterocycles. The monoisotopic (exact) mass is 293 g/mol. The molecule has 0 radical (unpaired) electrons. The quantitative estimate of drug-likeness (QED) is 0.925. The summed E-state index contributed by atoms with van der Waals surface area (Å²) < 4.78 is 11.5. The van der Waals surface area contributed by atoms with Crippen LogP contribution in [-0.4, -0.2) is 30.3 Å². The molecule has 0 bridgehead atoms. The van der Waals surface area contributed by atoms with Gasteiger partial charge >= 0.3 is 0 Å². The van der Waals surface area contributed by atoms with Crippen molar-refractivity contribution in [3.63, 3.8) is 0 Å². The molecule has 0 atom stereocenters. The van der Waals surface area contributed by atoms with Gasteiger partial charge in [-0.05, 0) is 45.2 Å². The number of aromatic nitrogens is 2. The number of ether oxygens (including phenoxy) is 1. The number of hydrogen-bond acceptors (Lipinski definition) is 5. The largest absolute Gasteiger partial charge is 0.370 e. The molecule has 21 heavy (non-hydrogen) atoms. The Hall–Kier alpha value is -0.940. The summed E-state index contributed by atoms with van der Waals surface area (Å²) in [5.41, 5.74) is -0.262. The van der Waals surface area contributed by atoms with Crippen LogP contribution in [0.15, 0.2) is 4.52 Å². The van der Waals surface area contributed by atoms with E-state index in [-0.39, 0.29) is 11.0 Å². The molecule has 2 aliphatic rings. The van der Waals surface area contributed by atoms with Gasteiger partial charge in [0.2, 0.25) is 11.7 Å². The first-order chi connectivity index (χ1) is 10.2. The van der Waals surface area contributed by atoms with Crippen molar-refractivity contribution in [2.45, 2.75) is 69.3 Å². The lowest BCUT2D eigenvalue weighted by Crippen LogP contribution is -2.40. The molecule has 1 aromatic heterocycles. The molecular formula is C16H27N3O2. The lowest BCUT2D eigenvalue weighted by molar-refractivity contribution is -0.0527. The zero-order valence-electron chi connectivity index (χ0n) is 13.3. The smallest absolute Gasteiger partial charge is 0.233 e. The van der Waals surface area contributed by atoms with Crippen molar-refractivity contribution in [2.24, 2.45) is 0 Å². The summed E-state index contributed by atoms with van der Waals surface area (Å²) in [7, 11) is 1.78. The van der Waals surface area contributed by atoms with Gasteiger partial charge in [-0.3, -0.25) is 0 Å². The van der Waals surface area contributed by atoms with Crippen LogP contribution >= 0.6 is 0 Å². The third-order valence-corrected chi connectivity index (χ3v) is 5.58. The van der Waals surface area contributed by atoms with E-state index in [4.69, 9.17) is 14.2 Å². The van der Waals surface area contributed by atoms with E-state index < -0.39 is 0 Å². The van der Waals surface area contributed by atoms with Crippen molar-refractivity contribution in [2.75, 3.05) is 20.2 Å².